The summed E-state index contributed by atoms with van der Waals surface area (Å²) in [4.78, 5) is 12.3. The van der Waals surface area contributed by atoms with Gasteiger partial charge in [-0.1, -0.05) is 29.8 Å². The number of H-pyrrole nitrogens is 1. The van der Waals surface area contributed by atoms with Gasteiger partial charge in [-0.15, -0.1) is 0 Å². The Labute approximate surface area is 147 Å². The minimum Gasteiger partial charge on any atom is -0.494 e. The maximum Gasteiger partial charge on any atom is 0.269 e. The van der Waals surface area contributed by atoms with E-state index in [1.165, 1.54) is 5.56 Å². The second-order valence-corrected chi connectivity index (χ2v) is 5.79. The van der Waals surface area contributed by atoms with E-state index in [-0.39, 0.29) is 5.91 Å². The fraction of sp³-hybridized carbons (Fsp3) is 0.200. The number of aromatic amines is 1. The summed E-state index contributed by atoms with van der Waals surface area (Å²) in [5.41, 5.74) is 4.35. The molecule has 0 unspecified atom stereocenters. The highest BCUT2D eigenvalue weighted by Gasteiger charge is 2.11. The predicted molar refractivity (Wildman–Crippen MR) is 97.5 cm³/mol. The van der Waals surface area contributed by atoms with E-state index in [9.17, 15) is 4.79 Å². The van der Waals surface area contributed by atoms with Crippen molar-refractivity contribution in [3.63, 3.8) is 0 Å². The molecule has 3 rings (SSSR count). The molecule has 25 heavy (non-hydrogen) atoms. The maximum absolute atomic E-state index is 12.3. The molecular formula is C20H21N3O2. The average Bonchev–Trinajstić information content (AvgIpc) is 3.12. The normalized spacial score (nSPS) is 10.5. The summed E-state index contributed by atoms with van der Waals surface area (Å²) >= 11 is 0. The van der Waals surface area contributed by atoms with Crippen LogP contribution in [0.3, 0.4) is 0 Å². The Bertz CT molecular complexity index is 836. The molecule has 0 fully saturated rings. The largest absolute Gasteiger partial charge is 0.494 e. The van der Waals surface area contributed by atoms with Crippen LogP contribution in [0.15, 0.2) is 54.6 Å². The number of amides is 1. The summed E-state index contributed by atoms with van der Waals surface area (Å²) in [6.45, 7) is 5.10. The zero-order valence-corrected chi connectivity index (χ0v) is 14.4. The Morgan fingerprint density at radius 3 is 2.52 bits per heavy atom. The summed E-state index contributed by atoms with van der Waals surface area (Å²) in [7, 11) is 0. The number of rotatable bonds is 6. The van der Waals surface area contributed by atoms with Crippen molar-refractivity contribution >= 4 is 5.91 Å². The summed E-state index contributed by atoms with van der Waals surface area (Å²) in [5.74, 6) is 0.642. The quantitative estimate of drug-likeness (QED) is 0.721. The van der Waals surface area contributed by atoms with Gasteiger partial charge < -0.3 is 10.1 Å². The molecule has 0 aliphatic carbocycles. The molecule has 3 aromatic rings. The highest BCUT2D eigenvalue weighted by atomic mass is 16.5. The van der Waals surface area contributed by atoms with E-state index >= 15 is 0 Å². The van der Waals surface area contributed by atoms with Gasteiger partial charge in [-0.2, -0.15) is 5.10 Å². The number of hydrogen-bond donors (Lipinski definition) is 2. The van der Waals surface area contributed by atoms with Gasteiger partial charge in [0, 0.05) is 12.1 Å². The molecule has 1 aromatic heterocycles. The van der Waals surface area contributed by atoms with Gasteiger partial charge in [-0.25, -0.2) is 0 Å². The Hall–Kier alpha value is -3.08. The fourth-order valence-corrected chi connectivity index (χ4v) is 2.46. The molecule has 0 saturated carbocycles. The topological polar surface area (TPSA) is 67.0 Å². The number of aryl methyl sites for hydroxylation is 1. The van der Waals surface area contributed by atoms with Crippen molar-refractivity contribution in [3.05, 3.63) is 71.4 Å². The third kappa shape index (κ3) is 4.26. The summed E-state index contributed by atoms with van der Waals surface area (Å²) < 4.78 is 5.43. The molecule has 0 radical (unpaired) electrons. The lowest BCUT2D eigenvalue weighted by molar-refractivity contribution is 0.0946. The Balaban J connectivity index is 1.63. The molecular weight excluding hydrogens is 314 g/mol. The van der Waals surface area contributed by atoms with Crippen molar-refractivity contribution < 1.29 is 9.53 Å². The first-order valence-corrected chi connectivity index (χ1v) is 8.28. The third-order valence-electron chi connectivity index (χ3n) is 3.86. The van der Waals surface area contributed by atoms with Crippen LogP contribution in [0.4, 0.5) is 0 Å². The molecule has 0 atom stereocenters. The average molecular weight is 335 g/mol. The van der Waals surface area contributed by atoms with Crippen LogP contribution in [-0.4, -0.2) is 22.7 Å². The van der Waals surface area contributed by atoms with Gasteiger partial charge in [0.25, 0.3) is 5.91 Å². The lowest BCUT2D eigenvalue weighted by Gasteiger charge is -2.04. The van der Waals surface area contributed by atoms with Crippen LogP contribution < -0.4 is 10.1 Å². The molecule has 1 heterocycles. The van der Waals surface area contributed by atoms with Gasteiger partial charge in [0.15, 0.2) is 0 Å². The number of benzene rings is 2. The zero-order chi connectivity index (χ0) is 17.6. The first-order valence-electron chi connectivity index (χ1n) is 8.28. The highest BCUT2D eigenvalue weighted by molar-refractivity contribution is 5.93. The van der Waals surface area contributed by atoms with Crippen LogP contribution in [0, 0.1) is 6.92 Å². The molecule has 0 spiro atoms. The fourth-order valence-electron chi connectivity index (χ4n) is 2.46. The van der Waals surface area contributed by atoms with Gasteiger partial charge in [-0.3, -0.25) is 9.89 Å². The standard InChI is InChI=1S/C20H21N3O2/c1-3-25-17-10-8-16(9-11-17)18-12-19(23-22-18)20(24)21-13-15-6-4-14(2)5-7-15/h4-12H,3,13H2,1-2H3,(H,21,24)(H,22,23). The number of carbonyl (C=O) groups is 1. The Morgan fingerprint density at radius 2 is 1.84 bits per heavy atom. The number of ether oxygens (including phenoxy) is 1. The summed E-state index contributed by atoms with van der Waals surface area (Å²) in [5, 5.41) is 9.91. The summed E-state index contributed by atoms with van der Waals surface area (Å²) in [6, 6.07) is 17.5. The lowest BCUT2D eigenvalue weighted by Crippen LogP contribution is -2.23. The van der Waals surface area contributed by atoms with Crippen LogP contribution in [0.5, 0.6) is 5.75 Å². The molecule has 2 N–H and O–H groups in total. The van der Waals surface area contributed by atoms with E-state index in [0.29, 0.717) is 18.8 Å². The molecule has 2 aromatic carbocycles. The van der Waals surface area contributed by atoms with Crippen molar-refractivity contribution in [1.82, 2.24) is 15.5 Å². The Kier molecular flexibility index (Phi) is 5.14. The van der Waals surface area contributed by atoms with Gasteiger partial charge in [0.2, 0.25) is 0 Å². The van der Waals surface area contributed by atoms with E-state index < -0.39 is 0 Å². The van der Waals surface area contributed by atoms with Crippen LogP contribution >= 0.6 is 0 Å². The van der Waals surface area contributed by atoms with Gasteiger partial charge >= 0.3 is 0 Å². The monoisotopic (exact) mass is 335 g/mol. The summed E-state index contributed by atoms with van der Waals surface area (Å²) in [6.07, 6.45) is 0. The molecule has 0 saturated heterocycles. The van der Waals surface area contributed by atoms with E-state index in [2.05, 4.69) is 15.5 Å². The van der Waals surface area contributed by atoms with E-state index in [0.717, 1.165) is 22.6 Å². The van der Waals surface area contributed by atoms with Crippen LogP contribution in [0.25, 0.3) is 11.3 Å². The van der Waals surface area contributed by atoms with Crippen molar-refractivity contribution in [1.29, 1.82) is 0 Å². The lowest BCUT2D eigenvalue weighted by atomic mass is 10.1. The van der Waals surface area contributed by atoms with E-state index in [1.54, 1.807) is 6.07 Å². The van der Waals surface area contributed by atoms with Gasteiger partial charge in [0.1, 0.15) is 11.4 Å². The minimum absolute atomic E-state index is 0.176. The predicted octanol–water partition coefficient (Wildman–Crippen LogP) is 3.71. The van der Waals surface area contributed by atoms with Gasteiger partial charge in [-0.05, 0) is 49.7 Å². The van der Waals surface area contributed by atoms with Crippen LogP contribution in [-0.2, 0) is 6.54 Å². The molecule has 5 heteroatoms. The van der Waals surface area contributed by atoms with Crippen molar-refractivity contribution in [2.24, 2.45) is 0 Å². The van der Waals surface area contributed by atoms with Crippen molar-refractivity contribution in [2.45, 2.75) is 20.4 Å². The van der Waals surface area contributed by atoms with Crippen molar-refractivity contribution in [2.75, 3.05) is 6.61 Å². The number of hydrogen-bond acceptors (Lipinski definition) is 3. The Morgan fingerprint density at radius 1 is 1.12 bits per heavy atom. The minimum atomic E-state index is -0.176. The molecule has 128 valence electrons. The first-order chi connectivity index (χ1) is 12.2. The SMILES string of the molecule is CCOc1ccc(-c2cc(C(=O)NCc3ccc(C)cc3)[nH]n2)cc1. The smallest absolute Gasteiger partial charge is 0.269 e. The van der Waals surface area contributed by atoms with E-state index in [4.69, 9.17) is 4.74 Å². The first kappa shape index (κ1) is 16.8. The maximum atomic E-state index is 12.3. The molecule has 1 amide bonds. The molecule has 0 bridgehead atoms. The zero-order valence-electron chi connectivity index (χ0n) is 14.4. The molecule has 5 nitrogen and oxygen atoms in total. The second-order valence-electron chi connectivity index (χ2n) is 5.79. The number of carbonyl (C=O) groups excluding carboxylic acids is 1. The van der Waals surface area contributed by atoms with Gasteiger partial charge in [0.05, 0.1) is 12.3 Å². The second kappa shape index (κ2) is 7.66. The van der Waals surface area contributed by atoms with E-state index in [1.807, 2.05) is 62.4 Å². The number of nitrogens with one attached hydrogen (secondary N) is 2. The molecule has 0 aliphatic heterocycles. The number of aromatic nitrogens is 2. The molecule has 0 aliphatic rings. The van der Waals surface area contributed by atoms with Crippen LogP contribution in [0.2, 0.25) is 0 Å². The highest BCUT2D eigenvalue weighted by Crippen LogP contribution is 2.21. The number of nitrogens with zero attached hydrogens (tertiary/aromatic N) is 1. The van der Waals surface area contributed by atoms with Crippen molar-refractivity contribution in [3.8, 4) is 17.0 Å². The van der Waals surface area contributed by atoms with Crippen LogP contribution in [0.1, 0.15) is 28.5 Å². The third-order valence-corrected chi connectivity index (χ3v) is 3.86.